The lowest BCUT2D eigenvalue weighted by Crippen LogP contribution is -3.11. The Hall–Kier alpha value is -2.61. The van der Waals surface area contributed by atoms with Crippen LogP contribution in [0.1, 0.15) is 33.5 Å². The quantitative estimate of drug-likeness (QED) is 0.579. The van der Waals surface area contributed by atoms with Gasteiger partial charge >= 0.3 is 0 Å². The second-order valence-electron chi connectivity index (χ2n) is 7.29. The molecule has 0 bridgehead atoms. The zero-order chi connectivity index (χ0) is 20.8. The third-order valence-electron chi connectivity index (χ3n) is 4.98. The number of aromatic amines is 1. The van der Waals surface area contributed by atoms with Crippen LogP contribution in [0.3, 0.4) is 0 Å². The van der Waals surface area contributed by atoms with E-state index in [0.717, 1.165) is 11.4 Å². The van der Waals surface area contributed by atoms with E-state index in [1.165, 1.54) is 14.2 Å². The fourth-order valence-electron chi connectivity index (χ4n) is 2.85. The highest BCUT2D eigenvalue weighted by Crippen LogP contribution is 2.29. The zero-order valence-electron chi connectivity index (χ0n) is 17.5. The Kier molecular flexibility index (Phi) is 7.39. The van der Waals surface area contributed by atoms with E-state index in [-0.39, 0.29) is 17.5 Å². The van der Waals surface area contributed by atoms with Crippen molar-refractivity contribution >= 4 is 16.8 Å². The maximum absolute atomic E-state index is 12.5. The number of nitrogens with zero attached hydrogens (tertiary/aromatic N) is 1. The van der Waals surface area contributed by atoms with Gasteiger partial charge in [0.25, 0.3) is 11.5 Å². The highest BCUT2D eigenvalue weighted by molar-refractivity contribution is 5.81. The SMILES string of the molecule is CC[NH+](CC(=O)N[C@H](C)C(C)C)Cc1nc2cc(OC)c(OC)cc2c(=O)[nH]1. The van der Waals surface area contributed by atoms with Crippen molar-refractivity contribution in [2.45, 2.75) is 40.3 Å². The highest BCUT2D eigenvalue weighted by Gasteiger charge is 2.18. The van der Waals surface area contributed by atoms with E-state index in [1.54, 1.807) is 12.1 Å². The molecule has 1 unspecified atom stereocenters. The summed E-state index contributed by atoms with van der Waals surface area (Å²) in [7, 11) is 3.06. The summed E-state index contributed by atoms with van der Waals surface area (Å²) < 4.78 is 10.5. The third kappa shape index (κ3) is 5.22. The molecule has 154 valence electrons. The van der Waals surface area contributed by atoms with E-state index in [1.807, 2.05) is 13.8 Å². The first-order chi connectivity index (χ1) is 13.3. The number of rotatable bonds is 9. The molecule has 8 heteroatoms. The van der Waals surface area contributed by atoms with Crippen LogP contribution in [0.4, 0.5) is 0 Å². The smallest absolute Gasteiger partial charge is 0.275 e. The van der Waals surface area contributed by atoms with Crippen LogP contribution >= 0.6 is 0 Å². The molecular weight excluding hydrogens is 360 g/mol. The van der Waals surface area contributed by atoms with Gasteiger partial charge in [0, 0.05) is 12.1 Å². The van der Waals surface area contributed by atoms with Crippen molar-refractivity contribution in [1.29, 1.82) is 0 Å². The maximum Gasteiger partial charge on any atom is 0.275 e. The van der Waals surface area contributed by atoms with Crippen molar-refractivity contribution < 1.29 is 19.2 Å². The lowest BCUT2D eigenvalue weighted by Gasteiger charge is -2.21. The second-order valence-corrected chi connectivity index (χ2v) is 7.29. The topological polar surface area (TPSA) is 97.8 Å². The van der Waals surface area contributed by atoms with Gasteiger partial charge in [-0.3, -0.25) is 9.59 Å². The van der Waals surface area contributed by atoms with Gasteiger partial charge in [0.05, 0.1) is 31.7 Å². The van der Waals surface area contributed by atoms with Crippen molar-refractivity contribution in [3.8, 4) is 11.5 Å². The summed E-state index contributed by atoms with van der Waals surface area (Å²) in [6, 6.07) is 3.43. The molecule has 1 aromatic carbocycles. The molecule has 1 amide bonds. The van der Waals surface area contributed by atoms with Crippen molar-refractivity contribution in [2.24, 2.45) is 5.92 Å². The Morgan fingerprint density at radius 3 is 2.43 bits per heavy atom. The molecule has 0 saturated heterocycles. The Labute approximate surface area is 165 Å². The molecule has 0 spiro atoms. The fraction of sp³-hybridized carbons (Fsp3) is 0.550. The van der Waals surface area contributed by atoms with Gasteiger partial charge in [-0.05, 0) is 25.8 Å². The molecule has 0 aliphatic rings. The van der Waals surface area contributed by atoms with Crippen molar-refractivity contribution in [1.82, 2.24) is 15.3 Å². The minimum absolute atomic E-state index is 0.00686. The number of quaternary nitrogens is 1. The van der Waals surface area contributed by atoms with Crippen molar-refractivity contribution in [2.75, 3.05) is 27.3 Å². The van der Waals surface area contributed by atoms with Crippen molar-refractivity contribution in [3.63, 3.8) is 0 Å². The number of aromatic nitrogens is 2. The average Bonchev–Trinajstić information content (AvgIpc) is 2.66. The Bertz CT molecular complexity index is 878. The molecule has 2 aromatic rings. The molecule has 0 aliphatic carbocycles. The van der Waals surface area contributed by atoms with Gasteiger partial charge in [-0.25, -0.2) is 4.98 Å². The number of hydrogen-bond donors (Lipinski definition) is 3. The number of nitrogens with one attached hydrogen (secondary N) is 3. The summed E-state index contributed by atoms with van der Waals surface area (Å²) in [6.45, 7) is 9.64. The van der Waals surface area contributed by atoms with Gasteiger partial charge in [0.2, 0.25) is 0 Å². The van der Waals surface area contributed by atoms with Gasteiger partial charge in [0.1, 0.15) is 6.54 Å². The first-order valence-corrected chi connectivity index (χ1v) is 9.56. The lowest BCUT2D eigenvalue weighted by molar-refractivity contribution is -0.904. The standard InChI is InChI=1S/C20H30N4O4/c1-7-24(11-19(25)21-13(4)12(2)3)10-18-22-15-9-17(28-6)16(27-5)8-14(15)20(26)23-18/h8-9,12-13H,7,10-11H2,1-6H3,(H,21,25)(H,22,23,26)/p+1/t13-/m1/s1. The normalized spacial score (nSPS) is 13.4. The lowest BCUT2D eigenvalue weighted by atomic mass is 10.1. The number of carbonyl (C=O) groups excluding carboxylic acids is 1. The van der Waals surface area contributed by atoms with Gasteiger partial charge < -0.3 is 24.7 Å². The Morgan fingerprint density at radius 1 is 1.21 bits per heavy atom. The summed E-state index contributed by atoms with van der Waals surface area (Å²) in [5.74, 6) is 1.89. The number of amides is 1. The third-order valence-corrected chi connectivity index (χ3v) is 4.98. The van der Waals surface area contributed by atoms with Crippen LogP contribution in [0.25, 0.3) is 10.9 Å². The molecule has 0 radical (unpaired) electrons. The number of likely N-dealkylation sites (N-methyl/N-ethyl adjacent to an activating group) is 1. The van der Waals surface area contributed by atoms with E-state index in [4.69, 9.17) is 9.47 Å². The molecule has 28 heavy (non-hydrogen) atoms. The first-order valence-electron chi connectivity index (χ1n) is 9.56. The molecule has 8 nitrogen and oxygen atoms in total. The molecular formula is C20H31N4O4+. The second kappa shape index (κ2) is 9.54. The molecule has 1 aromatic heterocycles. The number of H-pyrrole nitrogens is 1. The van der Waals surface area contributed by atoms with Gasteiger partial charge in [-0.2, -0.15) is 0 Å². The van der Waals surface area contributed by atoms with Crippen LogP contribution in [0.5, 0.6) is 11.5 Å². The van der Waals surface area contributed by atoms with Crippen LogP contribution < -0.4 is 25.2 Å². The molecule has 0 saturated carbocycles. The van der Waals surface area contributed by atoms with Crippen LogP contribution in [-0.4, -0.2) is 49.2 Å². The van der Waals surface area contributed by atoms with E-state index in [0.29, 0.717) is 47.2 Å². The largest absolute Gasteiger partial charge is 0.493 e. The van der Waals surface area contributed by atoms with E-state index in [2.05, 4.69) is 29.1 Å². The van der Waals surface area contributed by atoms with Crippen LogP contribution in [-0.2, 0) is 11.3 Å². The van der Waals surface area contributed by atoms with Crippen LogP contribution in [0.15, 0.2) is 16.9 Å². The number of ether oxygens (including phenoxy) is 2. The van der Waals surface area contributed by atoms with Gasteiger partial charge in [-0.1, -0.05) is 13.8 Å². The molecule has 3 N–H and O–H groups in total. The number of methoxy groups -OCH3 is 2. The first kappa shape index (κ1) is 21.7. The molecule has 2 rings (SSSR count). The average molecular weight is 391 g/mol. The summed E-state index contributed by atoms with van der Waals surface area (Å²) in [4.78, 5) is 33.2. The number of fused-ring (bicyclic) bond motifs is 1. The number of hydrogen-bond acceptors (Lipinski definition) is 5. The molecule has 0 aliphatic heterocycles. The van der Waals surface area contributed by atoms with Gasteiger partial charge in [0.15, 0.2) is 23.9 Å². The van der Waals surface area contributed by atoms with E-state index < -0.39 is 0 Å². The predicted octanol–water partition coefficient (Wildman–Crippen LogP) is 0.506. The molecule has 1 heterocycles. The van der Waals surface area contributed by atoms with E-state index >= 15 is 0 Å². The minimum atomic E-state index is -0.241. The van der Waals surface area contributed by atoms with E-state index in [9.17, 15) is 9.59 Å². The predicted molar refractivity (Wildman–Crippen MR) is 108 cm³/mol. The van der Waals surface area contributed by atoms with Crippen LogP contribution in [0.2, 0.25) is 0 Å². The number of benzene rings is 1. The summed E-state index contributed by atoms with van der Waals surface area (Å²) in [6.07, 6.45) is 0. The summed E-state index contributed by atoms with van der Waals surface area (Å²) in [5, 5.41) is 3.45. The zero-order valence-corrected chi connectivity index (χ0v) is 17.5. The van der Waals surface area contributed by atoms with Crippen molar-refractivity contribution in [3.05, 3.63) is 28.3 Å². The van der Waals surface area contributed by atoms with Crippen LogP contribution in [0, 0.1) is 5.92 Å². The fourth-order valence-corrected chi connectivity index (χ4v) is 2.85. The maximum atomic E-state index is 12.5. The number of carbonyl (C=O) groups is 1. The van der Waals surface area contributed by atoms with Gasteiger partial charge in [-0.15, -0.1) is 0 Å². The minimum Gasteiger partial charge on any atom is -0.493 e. The highest BCUT2D eigenvalue weighted by atomic mass is 16.5. The summed E-state index contributed by atoms with van der Waals surface area (Å²) >= 11 is 0. The Morgan fingerprint density at radius 2 is 1.86 bits per heavy atom. The summed E-state index contributed by atoms with van der Waals surface area (Å²) in [5.41, 5.74) is 0.291. The monoisotopic (exact) mass is 391 g/mol. The molecule has 0 fully saturated rings. The molecule has 2 atom stereocenters. The Balaban J connectivity index is 2.22.